The molecule has 2 atom stereocenters. The Balaban J connectivity index is 1.83. The second kappa shape index (κ2) is 11.8. The van der Waals surface area contributed by atoms with E-state index in [1.807, 2.05) is 6.07 Å². The molecule has 0 aromatic heterocycles. The number of carbonyl (C=O) groups is 1. The summed E-state index contributed by atoms with van der Waals surface area (Å²) in [6.07, 6.45) is 2.06. The SMILES string of the molecule is CC(=O)NC(Cc1cc(F)cc(F)c1)C(O)CNC1(c2cccc(C(C)(C)C)c2)CCC(NO)CC1. The maximum atomic E-state index is 13.7. The zero-order chi connectivity index (χ0) is 26.5. The minimum absolute atomic E-state index is 0.00523. The molecule has 2 aromatic rings. The molecule has 0 spiro atoms. The van der Waals surface area contributed by atoms with Crippen molar-refractivity contribution in [3.8, 4) is 0 Å². The van der Waals surface area contributed by atoms with E-state index in [1.165, 1.54) is 24.6 Å². The van der Waals surface area contributed by atoms with Crippen LogP contribution in [-0.4, -0.2) is 41.0 Å². The molecule has 1 aliphatic rings. The summed E-state index contributed by atoms with van der Waals surface area (Å²) in [6, 6.07) is 10.9. The highest BCUT2D eigenvalue weighted by Crippen LogP contribution is 2.39. The number of rotatable bonds is 9. The fourth-order valence-electron chi connectivity index (χ4n) is 5.06. The Morgan fingerprint density at radius 1 is 1.11 bits per heavy atom. The van der Waals surface area contributed by atoms with Crippen LogP contribution in [0.25, 0.3) is 0 Å². The van der Waals surface area contributed by atoms with Gasteiger partial charge >= 0.3 is 0 Å². The predicted octanol–water partition coefficient (Wildman–Crippen LogP) is 4.08. The van der Waals surface area contributed by atoms with Crippen molar-refractivity contribution in [1.82, 2.24) is 16.1 Å². The summed E-state index contributed by atoms with van der Waals surface area (Å²) >= 11 is 0. The first-order valence-electron chi connectivity index (χ1n) is 12.6. The molecule has 0 saturated heterocycles. The lowest BCUT2D eigenvalue weighted by molar-refractivity contribution is -0.120. The van der Waals surface area contributed by atoms with Crippen LogP contribution in [0, 0.1) is 11.6 Å². The number of benzene rings is 2. The van der Waals surface area contributed by atoms with Gasteiger partial charge in [0, 0.05) is 31.1 Å². The summed E-state index contributed by atoms with van der Waals surface area (Å²) in [5.74, 6) is -1.74. The number of nitrogens with one attached hydrogen (secondary N) is 3. The monoisotopic (exact) mass is 503 g/mol. The van der Waals surface area contributed by atoms with Crippen molar-refractivity contribution in [2.75, 3.05) is 6.54 Å². The molecule has 198 valence electrons. The maximum Gasteiger partial charge on any atom is 0.217 e. The fourth-order valence-corrected chi connectivity index (χ4v) is 5.06. The van der Waals surface area contributed by atoms with Crippen molar-refractivity contribution in [1.29, 1.82) is 0 Å². The highest BCUT2D eigenvalue weighted by atomic mass is 19.1. The van der Waals surface area contributed by atoms with Crippen molar-refractivity contribution < 1.29 is 23.9 Å². The van der Waals surface area contributed by atoms with E-state index in [0.29, 0.717) is 5.56 Å². The summed E-state index contributed by atoms with van der Waals surface area (Å²) in [7, 11) is 0. The molecular formula is C28H39F2N3O3. The quantitative estimate of drug-likeness (QED) is 0.333. The van der Waals surface area contributed by atoms with Gasteiger partial charge in [-0.05, 0) is 66.3 Å². The predicted molar refractivity (Wildman–Crippen MR) is 136 cm³/mol. The van der Waals surface area contributed by atoms with Gasteiger partial charge in [-0.25, -0.2) is 14.3 Å². The van der Waals surface area contributed by atoms with Gasteiger partial charge in [0.25, 0.3) is 0 Å². The van der Waals surface area contributed by atoms with Crippen LogP contribution in [0.3, 0.4) is 0 Å². The highest BCUT2D eigenvalue weighted by molar-refractivity contribution is 5.73. The van der Waals surface area contributed by atoms with E-state index >= 15 is 0 Å². The molecule has 5 N–H and O–H groups in total. The molecule has 36 heavy (non-hydrogen) atoms. The van der Waals surface area contributed by atoms with Gasteiger partial charge < -0.3 is 20.9 Å². The van der Waals surface area contributed by atoms with E-state index in [2.05, 4.69) is 55.1 Å². The number of aliphatic hydroxyl groups excluding tert-OH is 1. The van der Waals surface area contributed by atoms with E-state index in [4.69, 9.17) is 0 Å². The average Bonchev–Trinajstić information content (AvgIpc) is 2.81. The molecular weight excluding hydrogens is 464 g/mol. The first-order chi connectivity index (χ1) is 16.9. The third-order valence-electron chi connectivity index (χ3n) is 7.18. The van der Waals surface area contributed by atoms with Gasteiger partial charge in [-0.3, -0.25) is 4.79 Å². The summed E-state index contributed by atoms with van der Waals surface area (Å²) in [6.45, 7) is 8.00. The molecule has 6 nitrogen and oxygen atoms in total. The molecule has 0 bridgehead atoms. The molecule has 1 aliphatic carbocycles. The van der Waals surface area contributed by atoms with Crippen molar-refractivity contribution in [2.24, 2.45) is 0 Å². The summed E-state index contributed by atoms with van der Waals surface area (Å²) in [4.78, 5) is 11.9. The maximum absolute atomic E-state index is 13.7. The van der Waals surface area contributed by atoms with Gasteiger partial charge in [0.2, 0.25) is 5.91 Å². The van der Waals surface area contributed by atoms with Crippen LogP contribution in [0.2, 0.25) is 0 Å². The second-order valence-corrected chi connectivity index (χ2v) is 11.1. The lowest BCUT2D eigenvalue weighted by Gasteiger charge is -2.42. The number of amides is 1. The van der Waals surface area contributed by atoms with Crippen LogP contribution in [0.4, 0.5) is 8.78 Å². The Labute approximate surface area is 212 Å². The number of aliphatic hydroxyl groups is 1. The zero-order valence-electron chi connectivity index (χ0n) is 21.6. The van der Waals surface area contributed by atoms with Gasteiger partial charge in [-0.15, -0.1) is 0 Å². The first-order valence-corrected chi connectivity index (χ1v) is 12.6. The fraction of sp³-hybridized carbons (Fsp3) is 0.536. The van der Waals surface area contributed by atoms with Crippen LogP contribution in [0.1, 0.15) is 70.1 Å². The Kier molecular flexibility index (Phi) is 9.22. The number of hydrogen-bond donors (Lipinski definition) is 5. The molecule has 3 rings (SSSR count). The van der Waals surface area contributed by atoms with Gasteiger partial charge in [0.05, 0.1) is 12.1 Å². The largest absolute Gasteiger partial charge is 0.390 e. The molecule has 2 unspecified atom stereocenters. The topological polar surface area (TPSA) is 93.6 Å². The Bertz CT molecular complexity index is 1010. The first kappa shape index (κ1) is 28.2. The molecule has 8 heteroatoms. The molecule has 1 amide bonds. The minimum Gasteiger partial charge on any atom is -0.390 e. The van der Waals surface area contributed by atoms with Gasteiger partial charge in [0.15, 0.2) is 0 Å². The number of carbonyl (C=O) groups excluding carboxylic acids is 1. The van der Waals surface area contributed by atoms with E-state index < -0.39 is 29.3 Å². The molecule has 0 radical (unpaired) electrons. The molecule has 0 heterocycles. The van der Waals surface area contributed by atoms with Gasteiger partial charge in [0.1, 0.15) is 11.6 Å². The van der Waals surface area contributed by atoms with Crippen LogP contribution in [0.15, 0.2) is 42.5 Å². The van der Waals surface area contributed by atoms with Gasteiger partial charge in [-0.1, -0.05) is 45.0 Å². The smallest absolute Gasteiger partial charge is 0.217 e. The molecule has 1 fully saturated rings. The van der Waals surface area contributed by atoms with Crippen LogP contribution < -0.4 is 16.1 Å². The normalized spacial score (nSPS) is 22.2. The van der Waals surface area contributed by atoms with E-state index in [1.54, 1.807) is 0 Å². The van der Waals surface area contributed by atoms with Crippen molar-refractivity contribution in [2.45, 2.75) is 88.9 Å². The van der Waals surface area contributed by atoms with Crippen LogP contribution >= 0.6 is 0 Å². The van der Waals surface area contributed by atoms with Crippen LogP contribution in [-0.2, 0) is 22.2 Å². The van der Waals surface area contributed by atoms with E-state index in [0.717, 1.165) is 37.3 Å². The summed E-state index contributed by atoms with van der Waals surface area (Å²) < 4.78 is 27.4. The van der Waals surface area contributed by atoms with Gasteiger partial charge in [-0.2, -0.15) is 0 Å². The number of halogens is 2. The van der Waals surface area contributed by atoms with Crippen molar-refractivity contribution in [3.05, 3.63) is 70.8 Å². The van der Waals surface area contributed by atoms with Crippen molar-refractivity contribution >= 4 is 5.91 Å². The lowest BCUT2D eigenvalue weighted by Crippen LogP contribution is -2.54. The van der Waals surface area contributed by atoms with E-state index in [-0.39, 0.29) is 30.3 Å². The molecule has 2 aromatic carbocycles. The molecule has 0 aliphatic heterocycles. The minimum atomic E-state index is -1.00. The summed E-state index contributed by atoms with van der Waals surface area (Å²) in [5, 5.41) is 26.9. The van der Waals surface area contributed by atoms with E-state index in [9.17, 15) is 23.9 Å². The zero-order valence-corrected chi connectivity index (χ0v) is 21.6. The third kappa shape index (κ3) is 7.32. The Morgan fingerprint density at radius 2 is 1.75 bits per heavy atom. The highest BCUT2D eigenvalue weighted by Gasteiger charge is 2.38. The van der Waals surface area contributed by atoms with Crippen molar-refractivity contribution in [3.63, 3.8) is 0 Å². The second-order valence-electron chi connectivity index (χ2n) is 11.1. The Morgan fingerprint density at radius 3 is 2.31 bits per heavy atom. The Hall–Kier alpha value is -2.39. The average molecular weight is 504 g/mol. The summed E-state index contributed by atoms with van der Waals surface area (Å²) in [5.41, 5.74) is 4.59. The third-order valence-corrected chi connectivity index (χ3v) is 7.18. The van der Waals surface area contributed by atoms with Crippen LogP contribution in [0.5, 0.6) is 0 Å². The number of hydrogen-bond acceptors (Lipinski definition) is 5. The standard InChI is InChI=1S/C28H39F2N3O3/c1-18(34)32-25(14-19-12-22(29)16-23(30)13-19)26(35)17-31-28(10-8-24(33-36)9-11-28)21-7-5-6-20(15-21)27(2,3)4/h5-7,12-13,15-16,24-26,31,33,35-36H,8-11,14,17H2,1-4H3,(H,32,34). The lowest BCUT2D eigenvalue weighted by atomic mass is 9.73. The molecule has 1 saturated carbocycles. The number of hydroxylamine groups is 1.